The summed E-state index contributed by atoms with van der Waals surface area (Å²) in [5.74, 6) is 0.0581. The van der Waals surface area contributed by atoms with Crippen molar-refractivity contribution in [3.05, 3.63) is 46.8 Å². The molecule has 1 atom stereocenters. The number of hydrogen-bond donors (Lipinski definition) is 0. The van der Waals surface area contributed by atoms with Crippen molar-refractivity contribution in [3.8, 4) is 0 Å². The summed E-state index contributed by atoms with van der Waals surface area (Å²) in [4.78, 5) is 11.8. The van der Waals surface area contributed by atoms with Gasteiger partial charge in [0.25, 0.3) is 0 Å². The van der Waals surface area contributed by atoms with Crippen LogP contribution in [0.1, 0.15) is 46.6 Å². The van der Waals surface area contributed by atoms with Crippen LogP contribution in [0.3, 0.4) is 0 Å². The van der Waals surface area contributed by atoms with Crippen molar-refractivity contribution in [1.29, 1.82) is 0 Å². The van der Waals surface area contributed by atoms with Crippen LogP contribution in [0, 0.1) is 0 Å². The Morgan fingerprint density at radius 1 is 1.43 bits per heavy atom. The van der Waals surface area contributed by atoms with Crippen LogP contribution >= 0.6 is 0 Å². The molecule has 5 nitrogen and oxygen atoms in total. The number of benzene rings is 1. The Morgan fingerprint density at radius 2 is 2.24 bits per heavy atom. The van der Waals surface area contributed by atoms with Crippen LogP contribution in [0.4, 0.5) is 0 Å². The Labute approximate surface area is 123 Å². The monoisotopic (exact) mass is 285 g/mol. The Kier molecular flexibility index (Phi) is 3.73. The average Bonchev–Trinajstić information content (AvgIpc) is 2.87. The third kappa shape index (κ3) is 2.44. The molecule has 1 aromatic heterocycles. The van der Waals surface area contributed by atoms with Gasteiger partial charge in [0.15, 0.2) is 5.69 Å². The number of esters is 1. The van der Waals surface area contributed by atoms with Gasteiger partial charge >= 0.3 is 5.97 Å². The quantitative estimate of drug-likeness (QED) is 0.791. The van der Waals surface area contributed by atoms with E-state index in [9.17, 15) is 4.79 Å². The molecule has 21 heavy (non-hydrogen) atoms. The van der Waals surface area contributed by atoms with Gasteiger partial charge in [0, 0.05) is 5.92 Å². The van der Waals surface area contributed by atoms with E-state index in [0.29, 0.717) is 11.6 Å². The molecule has 1 heterocycles. The van der Waals surface area contributed by atoms with Gasteiger partial charge in [0.05, 0.1) is 19.3 Å². The van der Waals surface area contributed by atoms with Gasteiger partial charge in [-0.15, -0.1) is 5.10 Å². The molecule has 0 aliphatic heterocycles. The van der Waals surface area contributed by atoms with E-state index in [2.05, 4.69) is 41.5 Å². The first-order valence-corrected chi connectivity index (χ1v) is 7.33. The number of hydrogen-bond acceptors (Lipinski definition) is 4. The van der Waals surface area contributed by atoms with Crippen molar-refractivity contribution in [2.24, 2.45) is 0 Å². The van der Waals surface area contributed by atoms with Gasteiger partial charge in [0.1, 0.15) is 0 Å². The third-order valence-corrected chi connectivity index (χ3v) is 4.06. The summed E-state index contributed by atoms with van der Waals surface area (Å²) >= 11 is 0. The molecule has 0 radical (unpaired) electrons. The maximum absolute atomic E-state index is 11.8. The maximum Gasteiger partial charge on any atom is 0.360 e. The van der Waals surface area contributed by atoms with Crippen LogP contribution in [0.15, 0.2) is 24.3 Å². The normalized spacial score (nSPS) is 16.2. The van der Waals surface area contributed by atoms with Crippen LogP contribution in [0.2, 0.25) is 0 Å². The fourth-order valence-corrected chi connectivity index (χ4v) is 2.95. The molecule has 110 valence electrons. The van der Waals surface area contributed by atoms with Crippen LogP contribution in [-0.2, 0) is 24.1 Å². The lowest BCUT2D eigenvalue weighted by Gasteiger charge is -2.30. The number of aromatic nitrogens is 3. The molecule has 0 amide bonds. The molecule has 0 N–H and O–H groups in total. The summed E-state index contributed by atoms with van der Waals surface area (Å²) in [6, 6.07) is 8.47. The SMILES string of the molecule is CCCc1c(C(=O)OC)nnn1CC1Cc2ccccc21. The first kappa shape index (κ1) is 13.8. The highest BCUT2D eigenvalue weighted by atomic mass is 16.5. The van der Waals surface area contributed by atoms with E-state index in [1.54, 1.807) is 0 Å². The van der Waals surface area contributed by atoms with Crippen molar-refractivity contribution < 1.29 is 9.53 Å². The Hall–Kier alpha value is -2.17. The highest BCUT2D eigenvalue weighted by Gasteiger charge is 2.28. The molecule has 0 saturated heterocycles. The molecule has 1 aliphatic carbocycles. The molecule has 1 unspecified atom stereocenters. The maximum atomic E-state index is 11.8. The zero-order valence-electron chi connectivity index (χ0n) is 12.4. The zero-order chi connectivity index (χ0) is 14.8. The molecule has 1 aromatic carbocycles. The van der Waals surface area contributed by atoms with Gasteiger partial charge in [-0.1, -0.05) is 42.8 Å². The fourth-order valence-electron chi connectivity index (χ4n) is 2.95. The van der Waals surface area contributed by atoms with Gasteiger partial charge in [-0.05, 0) is 24.0 Å². The topological polar surface area (TPSA) is 57.0 Å². The Bertz CT molecular complexity index is 663. The number of carbonyl (C=O) groups excluding carboxylic acids is 1. The predicted octanol–water partition coefficient (Wildman–Crippen LogP) is 2.36. The van der Waals surface area contributed by atoms with E-state index < -0.39 is 5.97 Å². The molecule has 2 aromatic rings. The molecule has 5 heteroatoms. The third-order valence-electron chi connectivity index (χ3n) is 4.06. The van der Waals surface area contributed by atoms with E-state index in [1.807, 2.05) is 4.68 Å². The highest BCUT2D eigenvalue weighted by Crippen LogP contribution is 2.36. The summed E-state index contributed by atoms with van der Waals surface area (Å²) in [5.41, 5.74) is 4.03. The van der Waals surface area contributed by atoms with Crippen molar-refractivity contribution in [2.45, 2.75) is 38.6 Å². The van der Waals surface area contributed by atoms with E-state index in [1.165, 1.54) is 18.2 Å². The molecule has 0 saturated carbocycles. The highest BCUT2D eigenvalue weighted by molar-refractivity contribution is 5.88. The van der Waals surface area contributed by atoms with E-state index in [4.69, 9.17) is 4.74 Å². The van der Waals surface area contributed by atoms with Crippen LogP contribution in [-0.4, -0.2) is 28.1 Å². The summed E-state index contributed by atoms with van der Waals surface area (Å²) in [6.45, 7) is 2.85. The molecular formula is C16H19N3O2. The average molecular weight is 285 g/mol. The first-order chi connectivity index (χ1) is 10.2. The number of nitrogens with zero attached hydrogens (tertiary/aromatic N) is 3. The minimum absolute atomic E-state index is 0.354. The number of fused-ring (bicyclic) bond motifs is 1. The molecular weight excluding hydrogens is 266 g/mol. The van der Waals surface area contributed by atoms with Crippen LogP contribution < -0.4 is 0 Å². The summed E-state index contributed by atoms with van der Waals surface area (Å²) in [7, 11) is 1.37. The van der Waals surface area contributed by atoms with Crippen molar-refractivity contribution in [1.82, 2.24) is 15.0 Å². The van der Waals surface area contributed by atoms with Crippen molar-refractivity contribution in [2.75, 3.05) is 7.11 Å². The lowest BCUT2D eigenvalue weighted by atomic mass is 9.77. The minimum Gasteiger partial charge on any atom is -0.464 e. The Morgan fingerprint density at radius 3 is 2.95 bits per heavy atom. The van der Waals surface area contributed by atoms with E-state index in [-0.39, 0.29) is 0 Å². The summed E-state index contributed by atoms with van der Waals surface area (Å²) in [5, 5.41) is 8.18. The van der Waals surface area contributed by atoms with E-state index in [0.717, 1.165) is 31.5 Å². The second-order valence-corrected chi connectivity index (χ2v) is 5.41. The van der Waals surface area contributed by atoms with Crippen LogP contribution in [0.25, 0.3) is 0 Å². The number of methoxy groups -OCH3 is 1. The molecule has 1 aliphatic rings. The van der Waals surface area contributed by atoms with Crippen molar-refractivity contribution >= 4 is 5.97 Å². The number of rotatable bonds is 5. The van der Waals surface area contributed by atoms with Gasteiger partial charge in [0.2, 0.25) is 0 Å². The fraction of sp³-hybridized carbons (Fsp3) is 0.438. The lowest BCUT2D eigenvalue weighted by molar-refractivity contribution is 0.0592. The molecule has 3 rings (SSSR count). The largest absolute Gasteiger partial charge is 0.464 e. The minimum atomic E-state index is -0.404. The van der Waals surface area contributed by atoms with Crippen LogP contribution in [0.5, 0.6) is 0 Å². The van der Waals surface area contributed by atoms with Gasteiger partial charge in [-0.3, -0.25) is 0 Å². The summed E-state index contributed by atoms with van der Waals surface area (Å²) in [6.07, 6.45) is 2.79. The molecule has 0 fully saturated rings. The zero-order valence-corrected chi connectivity index (χ0v) is 12.4. The van der Waals surface area contributed by atoms with Gasteiger partial charge < -0.3 is 4.74 Å². The van der Waals surface area contributed by atoms with Gasteiger partial charge in [-0.25, -0.2) is 9.48 Å². The first-order valence-electron chi connectivity index (χ1n) is 7.33. The van der Waals surface area contributed by atoms with Gasteiger partial charge in [-0.2, -0.15) is 0 Å². The predicted molar refractivity (Wildman–Crippen MR) is 78.2 cm³/mol. The second kappa shape index (κ2) is 5.68. The molecule has 0 bridgehead atoms. The molecule has 0 spiro atoms. The number of ether oxygens (including phenoxy) is 1. The standard InChI is InChI=1S/C16H19N3O2/c1-3-6-14-15(16(20)21-2)17-18-19(14)10-12-9-11-7-4-5-8-13(11)12/h4-5,7-8,12H,3,6,9-10H2,1-2H3. The summed E-state index contributed by atoms with van der Waals surface area (Å²) < 4.78 is 6.65. The number of carbonyl (C=O) groups is 1. The second-order valence-electron chi connectivity index (χ2n) is 5.41. The van der Waals surface area contributed by atoms with E-state index >= 15 is 0 Å². The smallest absolute Gasteiger partial charge is 0.360 e. The lowest BCUT2D eigenvalue weighted by Crippen LogP contribution is -2.23. The van der Waals surface area contributed by atoms with Crippen molar-refractivity contribution in [3.63, 3.8) is 0 Å². The Balaban J connectivity index is 1.83.